The molecule has 7 heteroatoms. The van der Waals surface area contributed by atoms with Crippen molar-refractivity contribution in [3.8, 4) is 5.75 Å². The van der Waals surface area contributed by atoms with E-state index in [0.717, 1.165) is 0 Å². The molecule has 1 heterocycles. The van der Waals surface area contributed by atoms with Crippen LogP contribution in [0.2, 0.25) is 0 Å². The van der Waals surface area contributed by atoms with Gasteiger partial charge in [-0.1, -0.05) is 43.0 Å². The van der Waals surface area contributed by atoms with Crippen molar-refractivity contribution in [3.05, 3.63) is 72.8 Å². The lowest BCUT2D eigenvalue weighted by molar-refractivity contribution is -0.134. The largest absolute Gasteiger partial charge is 0.508 e. The van der Waals surface area contributed by atoms with Gasteiger partial charge >= 0.3 is 6.16 Å². The maximum Gasteiger partial charge on any atom is 0.508 e. The molecule has 0 N–H and O–H groups in total. The fourth-order valence-corrected chi connectivity index (χ4v) is 3.44. The third kappa shape index (κ3) is 4.20. The van der Waals surface area contributed by atoms with Crippen LogP contribution in [0, 0.1) is 5.92 Å². The van der Waals surface area contributed by atoms with Crippen LogP contribution in [0.5, 0.6) is 5.75 Å². The van der Waals surface area contributed by atoms with Gasteiger partial charge in [-0.2, -0.15) is 0 Å². The van der Waals surface area contributed by atoms with Crippen LogP contribution in [-0.2, 0) is 14.3 Å². The van der Waals surface area contributed by atoms with Crippen LogP contribution in [0.15, 0.2) is 67.3 Å². The van der Waals surface area contributed by atoms with Crippen LogP contribution in [-0.4, -0.2) is 43.7 Å². The summed E-state index contributed by atoms with van der Waals surface area (Å²) in [5.74, 6) is -0.726. The number of ketones is 1. The summed E-state index contributed by atoms with van der Waals surface area (Å²) in [4.78, 5) is 39.5. The van der Waals surface area contributed by atoms with E-state index in [-0.39, 0.29) is 18.3 Å². The average molecular weight is 409 g/mol. The molecule has 1 aliphatic heterocycles. The van der Waals surface area contributed by atoms with Gasteiger partial charge in [-0.25, -0.2) is 4.79 Å². The Morgan fingerprint density at radius 1 is 1.13 bits per heavy atom. The molecule has 30 heavy (non-hydrogen) atoms. The lowest BCUT2D eigenvalue weighted by atomic mass is 9.78. The quantitative estimate of drug-likeness (QED) is 0.287. The van der Waals surface area contributed by atoms with Gasteiger partial charge < -0.3 is 19.1 Å². The molecule has 156 valence electrons. The minimum absolute atomic E-state index is 0.00544. The van der Waals surface area contributed by atoms with Gasteiger partial charge in [0.1, 0.15) is 30.4 Å². The van der Waals surface area contributed by atoms with Crippen LogP contribution in [0.25, 0.3) is 0 Å². The molecule has 2 aromatic rings. The molecule has 0 saturated carbocycles. The summed E-state index contributed by atoms with van der Waals surface area (Å²) in [5, 5.41) is 0. The Bertz CT molecular complexity index is 924. The third-order valence-corrected chi connectivity index (χ3v) is 4.93. The highest BCUT2D eigenvalue weighted by Crippen LogP contribution is 2.38. The summed E-state index contributed by atoms with van der Waals surface area (Å²) >= 11 is 0. The first-order valence-corrected chi connectivity index (χ1v) is 9.48. The van der Waals surface area contributed by atoms with Crippen LogP contribution < -0.4 is 9.64 Å². The summed E-state index contributed by atoms with van der Waals surface area (Å²) < 4.78 is 15.2. The van der Waals surface area contributed by atoms with Crippen LogP contribution >= 0.6 is 0 Å². The lowest BCUT2D eigenvalue weighted by Gasteiger charge is -2.47. The van der Waals surface area contributed by atoms with Gasteiger partial charge in [0.15, 0.2) is 5.78 Å². The van der Waals surface area contributed by atoms with Gasteiger partial charge in [0.25, 0.3) is 0 Å². The molecule has 7 nitrogen and oxygen atoms in total. The van der Waals surface area contributed by atoms with E-state index in [2.05, 4.69) is 6.58 Å². The molecule has 1 fully saturated rings. The van der Waals surface area contributed by atoms with Crippen molar-refractivity contribution in [1.82, 2.24) is 0 Å². The Balaban J connectivity index is 1.87. The van der Waals surface area contributed by atoms with Gasteiger partial charge in [-0.15, -0.1) is 0 Å². The maximum absolute atomic E-state index is 13.2. The SMILES string of the molecule is C=CCOC(=O)O[C@H](C)[C@H]1C(=O)N(c2ccc(OC)cc2)[C@@H]1C(=O)c1ccccc1. The topological polar surface area (TPSA) is 82.1 Å². The number of amides is 1. The van der Waals surface area contributed by atoms with E-state index < -0.39 is 24.2 Å². The lowest BCUT2D eigenvalue weighted by Crippen LogP contribution is -2.68. The molecule has 0 aliphatic carbocycles. The Labute approximate surface area is 174 Å². The predicted octanol–water partition coefficient (Wildman–Crippen LogP) is 3.64. The average Bonchev–Trinajstić information content (AvgIpc) is 2.76. The fraction of sp³-hybridized carbons (Fsp3) is 0.261. The molecule has 0 bridgehead atoms. The van der Waals surface area contributed by atoms with Crippen molar-refractivity contribution in [2.75, 3.05) is 18.6 Å². The molecule has 0 radical (unpaired) electrons. The molecule has 2 aromatic carbocycles. The predicted molar refractivity (Wildman–Crippen MR) is 111 cm³/mol. The minimum Gasteiger partial charge on any atom is -0.497 e. The Hall–Kier alpha value is -3.61. The smallest absolute Gasteiger partial charge is 0.497 e. The molecule has 0 unspecified atom stereocenters. The number of ether oxygens (including phenoxy) is 3. The second kappa shape index (κ2) is 9.26. The van der Waals surface area contributed by atoms with Gasteiger partial charge in [0.05, 0.1) is 7.11 Å². The van der Waals surface area contributed by atoms with Gasteiger partial charge in [0, 0.05) is 11.3 Å². The molecule has 3 atom stereocenters. The van der Waals surface area contributed by atoms with Crippen molar-refractivity contribution >= 4 is 23.5 Å². The molecule has 0 aromatic heterocycles. The molecule has 1 amide bonds. The van der Waals surface area contributed by atoms with Gasteiger partial charge in [-0.05, 0) is 31.2 Å². The highest BCUT2D eigenvalue weighted by molar-refractivity contribution is 6.17. The Morgan fingerprint density at radius 2 is 1.80 bits per heavy atom. The third-order valence-electron chi connectivity index (χ3n) is 4.93. The second-order valence-electron chi connectivity index (χ2n) is 6.78. The number of hydrogen-bond donors (Lipinski definition) is 0. The number of nitrogens with zero attached hydrogens (tertiary/aromatic N) is 1. The van der Waals surface area contributed by atoms with Crippen molar-refractivity contribution in [3.63, 3.8) is 0 Å². The van der Waals surface area contributed by atoms with E-state index in [9.17, 15) is 14.4 Å². The van der Waals surface area contributed by atoms with E-state index in [1.807, 2.05) is 6.07 Å². The van der Waals surface area contributed by atoms with Gasteiger partial charge in [-0.3, -0.25) is 9.59 Å². The van der Waals surface area contributed by atoms with Crippen LogP contribution in [0.1, 0.15) is 17.3 Å². The highest BCUT2D eigenvalue weighted by atomic mass is 16.7. The first kappa shape index (κ1) is 21.1. The summed E-state index contributed by atoms with van der Waals surface area (Å²) in [6.45, 7) is 5.04. The number of carbonyl (C=O) groups is 3. The number of benzene rings is 2. The molecule has 3 rings (SSSR count). The molecule has 0 spiro atoms. The summed E-state index contributed by atoms with van der Waals surface area (Å²) in [7, 11) is 1.55. The second-order valence-corrected chi connectivity index (χ2v) is 6.78. The normalized spacial score (nSPS) is 18.7. The minimum atomic E-state index is -0.913. The number of rotatable bonds is 8. The zero-order valence-electron chi connectivity index (χ0n) is 16.8. The molecule has 1 aliphatic rings. The van der Waals surface area contributed by atoms with Crippen LogP contribution in [0.4, 0.5) is 10.5 Å². The zero-order chi connectivity index (χ0) is 21.7. The number of hydrogen-bond acceptors (Lipinski definition) is 6. The van der Waals surface area contributed by atoms with E-state index >= 15 is 0 Å². The highest BCUT2D eigenvalue weighted by Gasteiger charge is 2.55. The summed E-state index contributed by atoms with van der Waals surface area (Å²) in [5.41, 5.74) is 1.03. The number of Topliss-reactive ketones (excluding diaryl/α,β-unsaturated/α-hetero) is 1. The Morgan fingerprint density at radius 3 is 2.40 bits per heavy atom. The van der Waals surface area contributed by atoms with E-state index in [4.69, 9.17) is 14.2 Å². The zero-order valence-corrected chi connectivity index (χ0v) is 16.8. The molecular formula is C23H23NO6. The number of carbonyl (C=O) groups excluding carboxylic acids is 3. The van der Waals surface area contributed by atoms with Crippen LogP contribution in [0.3, 0.4) is 0 Å². The van der Waals surface area contributed by atoms with E-state index in [1.54, 1.807) is 62.6 Å². The summed E-state index contributed by atoms with van der Waals surface area (Å²) in [6, 6.07) is 14.7. The van der Waals surface area contributed by atoms with Crippen molar-refractivity contribution < 1.29 is 28.6 Å². The molecule has 1 saturated heterocycles. The number of methoxy groups -OCH3 is 1. The number of β-lactam (4-membered cyclic amide) rings is 1. The monoisotopic (exact) mass is 409 g/mol. The fourth-order valence-electron chi connectivity index (χ4n) is 3.44. The molecular weight excluding hydrogens is 386 g/mol. The first-order chi connectivity index (χ1) is 14.5. The number of anilines is 1. The van der Waals surface area contributed by atoms with Crippen molar-refractivity contribution in [2.24, 2.45) is 5.92 Å². The van der Waals surface area contributed by atoms with E-state index in [1.165, 1.54) is 11.0 Å². The Kier molecular flexibility index (Phi) is 6.51. The van der Waals surface area contributed by atoms with E-state index in [0.29, 0.717) is 17.0 Å². The van der Waals surface area contributed by atoms with Crippen molar-refractivity contribution in [1.29, 1.82) is 0 Å². The summed E-state index contributed by atoms with van der Waals surface area (Å²) in [6.07, 6.45) is -0.348. The standard InChI is InChI=1S/C23H23NO6/c1-4-14-29-23(27)30-15(2)19-20(21(25)16-8-6-5-7-9-16)24(22(19)26)17-10-12-18(28-3)13-11-17/h4-13,15,19-20H,1,14H2,2-3H3/t15-,19-,20+/m1/s1. The first-order valence-electron chi connectivity index (χ1n) is 9.48. The van der Waals surface area contributed by atoms with Crippen molar-refractivity contribution in [2.45, 2.75) is 19.1 Å². The maximum atomic E-state index is 13.2. The van der Waals surface area contributed by atoms with Gasteiger partial charge in [0.2, 0.25) is 5.91 Å².